The first-order valence-corrected chi connectivity index (χ1v) is 7.74. The van der Waals surface area contributed by atoms with Crippen molar-refractivity contribution in [1.82, 2.24) is 9.88 Å². The molecular weight excluding hydrogens is 296 g/mol. The van der Waals surface area contributed by atoms with E-state index in [1.54, 1.807) is 6.07 Å². The molecule has 1 aromatic heterocycles. The van der Waals surface area contributed by atoms with Gasteiger partial charge in [0.15, 0.2) is 0 Å². The lowest BCUT2D eigenvalue weighted by Gasteiger charge is -2.29. The van der Waals surface area contributed by atoms with Crippen molar-refractivity contribution in [3.8, 4) is 6.07 Å². The number of nitrogens with zero attached hydrogens (tertiary/aromatic N) is 3. The predicted octanol–water partition coefficient (Wildman–Crippen LogP) is 3.08. The fourth-order valence-electron chi connectivity index (χ4n) is 2.75. The third-order valence-corrected chi connectivity index (χ3v) is 4.24. The van der Waals surface area contributed by atoms with Gasteiger partial charge in [-0.2, -0.15) is 5.26 Å². The van der Waals surface area contributed by atoms with Gasteiger partial charge in [-0.25, -0.2) is 4.98 Å². The first-order valence-electron chi connectivity index (χ1n) is 7.36. The zero-order valence-corrected chi connectivity index (χ0v) is 13.0. The lowest BCUT2D eigenvalue weighted by molar-refractivity contribution is 0.264. The molecule has 5 heteroatoms. The highest BCUT2D eigenvalue weighted by molar-refractivity contribution is 6.31. The highest BCUT2D eigenvalue weighted by Gasteiger charge is 2.17. The fourth-order valence-corrected chi connectivity index (χ4v) is 3.04. The third kappa shape index (κ3) is 3.38. The van der Waals surface area contributed by atoms with Crippen LogP contribution in [0.3, 0.4) is 0 Å². The normalized spacial score (nSPS) is 14.2. The van der Waals surface area contributed by atoms with E-state index >= 15 is 0 Å². The molecule has 1 N–H and O–H groups in total. The second-order valence-corrected chi connectivity index (χ2v) is 5.76. The molecule has 3 rings (SSSR count). The SMILES string of the molecule is N#Cc1cccc(NCCN2CCc3c(Cl)cccc3C2)n1. The quantitative estimate of drug-likeness (QED) is 0.942. The first kappa shape index (κ1) is 14.8. The Kier molecular flexibility index (Phi) is 4.57. The number of hydrogen-bond donors (Lipinski definition) is 1. The molecule has 0 bridgehead atoms. The Bertz CT molecular complexity index is 708. The Morgan fingerprint density at radius 2 is 2.14 bits per heavy atom. The summed E-state index contributed by atoms with van der Waals surface area (Å²) in [7, 11) is 0. The lowest BCUT2D eigenvalue weighted by Crippen LogP contribution is -2.34. The van der Waals surface area contributed by atoms with E-state index in [4.69, 9.17) is 16.9 Å². The number of hydrogen-bond acceptors (Lipinski definition) is 4. The molecule has 0 atom stereocenters. The molecule has 2 aromatic rings. The van der Waals surface area contributed by atoms with Crippen LogP contribution in [0.15, 0.2) is 36.4 Å². The summed E-state index contributed by atoms with van der Waals surface area (Å²) in [4.78, 5) is 6.62. The number of aromatic nitrogens is 1. The molecule has 1 aromatic carbocycles. The maximum Gasteiger partial charge on any atom is 0.142 e. The molecule has 4 nitrogen and oxygen atoms in total. The Morgan fingerprint density at radius 1 is 1.27 bits per heavy atom. The van der Waals surface area contributed by atoms with Crippen LogP contribution in [-0.4, -0.2) is 29.5 Å². The summed E-state index contributed by atoms with van der Waals surface area (Å²) in [6.45, 7) is 3.69. The number of fused-ring (bicyclic) bond motifs is 1. The molecule has 0 aliphatic carbocycles. The van der Waals surface area contributed by atoms with Crippen molar-refractivity contribution in [3.05, 3.63) is 58.2 Å². The van der Waals surface area contributed by atoms with Gasteiger partial charge < -0.3 is 5.32 Å². The number of nitriles is 1. The molecule has 0 spiro atoms. The molecule has 1 aliphatic rings. The number of rotatable bonds is 4. The molecule has 22 heavy (non-hydrogen) atoms. The van der Waals surface area contributed by atoms with Crippen LogP contribution in [0.1, 0.15) is 16.8 Å². The fraction of sp³-hybridized carbons (Fsp3) is 0.294. The van der Waals surface area contributed by atoms with Crippen LogP contribution in [0, 0.1) is 11.3 Å². The Balaban J connectivity index is 1.54. The molecule has 1 aliphatic heterocycles. The van der Waals surface area contributed by atoms with E-state index in [9.17, 15) is 0 Å². The lowest BCUT2D eigenvalue weighted by atomic mass is 10.00. The van der Waals surface area contributed by atoms with E-state index in [2.05, 4.69) is 21.3 Å². The zero-order valence-electron chi connectivity index (χ0n) is 12.2. The molecule has 0 saturated heterocycles. The van der Waals surface area contributed by atoms with Gasteiger partial charge in [0.2, 0.25) is 0 Å². The Morgan fingerprint density at radius 3 is 3.00 bits per heavy atom. The van der Waals surface area contributed by atoms with E-state index < -0.39 is 0 Å². The van der Waals surface area contributed by atoms with Crippen molar-refractivity contribution in [2.45, 2.75) is 13.0 Å². The van der Waals surface area contributed by atoms with E-state index in [0.29, 0.717) is 5.69 Å². The maximum absolute atomic E-state index is 8.85. The number of nitrogens with one attached hydrogen (secondary N) is 1. The topological polar surface area (TPSA) is 52.0 Å². The molecule has 0 radical (unpaired) electrons. The van der Waals surface area contributed by atoms with Crippen molar-refractivity contribution < 1.29 is 0 Å². The average Bonchev–Trinajstić information content (AvgIpc) is 2.55. The van der Waals surface area contributed by atoms with Gasteiger partial charge in [-0.1, -0.05) is 29.8 Å². The molecule has 0 saturated carbocycles. The van der Waals surface area contributed by atoms with E-state index in [1.807, 2.05) is 30.3 Å². The largest absolute Gasteiger partial charge is 0.369 e. The van der Waals surface area contributed by atoms with Crippen LogP contribution >= 0.6 is 11.6 Å². The summed E-state index contributed by atoms with van der Waals surface area (Å²) >= 11 is 6.24. The van der Waals surface area contributed by atoms with Gasteiger partial charge in [0.25, 0.3) is 0 Å². The number of pyridine rings is 1. The van der Waals surface area contributed by atoms with Gasteiger partial charge in [0.05, 0.1) is 0 Å². The highest BCUT2D eigenvalue weighted by atomic mass is 35.5. The van der Waals surface area contributed by atoms with Crippen molar-refractivity contribution in [3.63, 3.8) is 0 Å². The summed E-state index contributed by atoms with van der Waals surface area (Å²) in [5.41, 5.74) is 3.05. The van der Waals surface area contributed by atoms with Gasteiger partial charge in [-0.05, 0) is 35.7 Å². The maximum atomic E-state index is 8.85. The zero-order chi connectivity index (χ0) is 15.4. The molecule has 0 amide bonds. The van der Waals surface area contributed by atoms with Crippen LogP contribution in [-0.2, 0) is 13.0 Å². The van der Waals surface area contributed by atoms with E-state index in [1.165, 1.54) is 11.1 Å². The number of benzene rings is 1. The molecular formula is C17H17ClN4. The second-order valence-electron chi connectivity index (χ2n) is 5.35. The van der Waals surface area contributed by atoms with Crippen molar-refractivity contribution in [2.24, 2.45) is 0 Å². The van der Waals surface area contributed by atoms with Crippen LogP contribution < -0.4 is 5.32 Å². The number of halogens is 1. The molecule has 0 fully saturated rings. The predicted molar refractivity (Wildman–Crippen MR) is 87.9 cm³/mol. The van der Waals surface area contributed by atoms with Crippen LogP contribution in [0.25, 0.3) is 0 Å². The first-order chi connectivity index (χ1) is 10.8. The minimum absolute atomic E-state index is 0.437. The summed E-state index contributed by atoms with van der Waals surface area (Å²) < 4.78 is 0. The Hall–Kier alpha value is -2.09. The van der Waals surface area contributed by atoms with E-state index in [-0.39, 0.29) is 0 Å². The van der Waals surface area contributed by atoms with Crippen LogP contribution in [0.4, 0.5) is 5.82 Å². The van der Waals surface area contributed by atoms with Crippen molar-refractivity contribution >= 4 is 17.4 Å². The second kappa shape index (κ2) is 6.78. The molecule has 112 valence electrons. The van der Waals surface area contributed by atoms with E-state index in [0.717, 1.165) is 43.4 Å². The minimum atomic E-state index is 0.437. The molecule has 0 unspecified atom stereocenters. The van der Waals surface area contributed by atoms with Gasteiger partial charge in [-0.15, -0.1) is 0 Å². The summed E-state index contributed by atoms with van der Waals surface area (Å²) in [5.74, 6) is 0.750. The highest BCUT2D eigenvalue weighted by Crippen LogP contribution is 2.25. The van der Waals surface area contributed by atoms with Gasteiger partial charge in [0, 0.05) is 31.2 Å². The Labute approximate surface area is 135 Å². The summed E-state index contributed by atoms with van der Waals surface area (Å²) in [6, 6.07) is 13.6. The van der Waals surface area contributed by atoms with Gasteiger partial charge in [0.1, 0.15) is 17.6 Å². The van der Waals surface area contributed by atoms with Crippen LogP contribution in [0.2, 0.25) is 5.02 Å². The van der Waals surface area contributed by atoms with Crippen molar-refractivity contribution in [2.75, 3.05) is 25.0 Å². The molecule has 2 heterocycles. The monoisotopic (exact) mass is 312 g/mol. The van der Waals surface area contributed by atoms with Crippen LogP contribution in [0.5, 0.6) is 0 Å². The minimum Gasteiger partial charge on any atom is -0.369 e. The average molecular weight is 313 g/mol. The standard InChI is InChI=1S/C17H17ClN4/c18-16-5-1-3-13-12-22(9-7-15(13)16)10-8-20-17-6-2-4-14(11-19)21-17/h1-6H,7-10,12H2,(H,20,21). The van der Waals surface area contributed by atoms with Crippen molar-refractivity contribution in [1.29, 1.82) is 5.26 Å². The summed E-state index contributed by atoms with van der Waals surface area (Å²) in [6.07, 6.45) is 0.997. The number of anilines is 1. The van der Waals surface area contributed by atoms with Gasteiger partial charge in [-0.3, -0.25) is 4.90 Å². The summed E-state index contributed by atoms with van der Waals surface area (Å²) in [5, 5.41) is 13.0. The van der Waals surface area contributed by atoms with Gasteiger partial charge >= 0.3 is 0 Å². The third-order valence-electron chi connectivity index (χ3n) is 3.89. The smallest absolute Gasteiger partial charge is 0.142 e.